The minimum Gasteiger partial charge on any atom is -0.494 e. The summed E-state index contributed by atoms with van der Waals surface area (Å²) in [5, 5.41) is 1.35. The molecule has 1 heterocycles. The summed E-state index contributed by atoms with van der Waals surface area (Å²) in [5.41, 5.74) is 2.34. The summed E-state index contributed by atoms with van der Waals surface area (Å²) < 4.78 is 31.8. The van der Waals surface area contributed by atoms with Crippen LogP contribution in [0.5, 0.6) is 5.75 Å². The van der Waals surface area contributed by atoms with Crippen LogP contribution in [0.15, 0.2) is 57.2 Å². The Morgan fingerprint density at radius 3 is 2.46 bits per heavy atom. The van der Waals surface area contributed by atoms with E-state index in [1.54, 1.807) is 6.07 Å². The summed E-state index contributed by atoms with van der Waals surface area (Å²) in [4.78, 5) is 2.46. The van der Waals surface area contributed by atoms with Crippen molar-refractivity contribution in [1.29, 1.82) is 0 Å². The zero-order chi connectivity index (χ0) is 18.7. The van der Waals surface area contributed by atoms with E-state index in [9.17, 15) is 8.42 Å². The van der Waals surface area contributed by atoms with Crippen LogP contribution in [0.2, 0.25) is 0 Å². The summed E-state index contributed by atoms with van der Waals surface area (Å²) in [6.45, 7) is 1.60. The van der Waals surface area contributed by atoms with Crippen molar-refractivity contribution in [2.45, 2.75) is 17.7 Å². The van der Waals surface area contributed by atoms with E-state index >= 15 is 0 Å². The number of fused-ring (bicyclic) bond motifs is 1. The fourth-order valence-electron chi connectivity index (χ4n) is 2.91. The van der Waals surface area contributed by atoms with Gasteiger partial charge in [0.1, 0.15) is 5.75 Å². The van der Waals surface area contributed by atoms with Crippen molar-refractivity contribution in [3.8, 4) is 5.75 Å². The molecule has 0 saturated heterocycles. The van der Waals surface area contributed by atoms with E-state index in [0.29, 0.717) is 17.3 Å². The van der Waals surface area contributed by atoms with E-state index < -0.39 is 9.84 Å². The molecule has 0 atom stereocenters. The molecule has 0 saturated carbocycles. The van der Waals surface area contributed by atoms with E-state index in [1.807, 2.05) is 50.5 Å². The van der Waals surface area contributed by atoms with Gasteiger partial charge in [0.25, 0.3) is 0 Å². The van der Waals surface area contributed by atoms with Gasteiger partial charge in [-0.15, -0.1) is 0 Å². The van der Waals surface area contributed by atoms with Gasteiger partial charge in [-0.25, -0.2) is 8.42 Å². The number of ether oxygens (including phenoxy) is 1. The minimum atomic E-state index is -3.44. The third-order valence-corrected chi connectivity index (χ3v) is 6.27. The average Bonchev–Trinajstić information content (AvgIpc) is 2.86. The standard InChI is InChI=1S/C20H22BrNO3S/c1-22(2)11-3-4-12-25-17-9-10-18-19(14-26(23,24)20(18)13-17)15-5-7-16(21)8-6-15/h5-10,13-14H,3-4,11-12H2,1-2H3. The van der Waals surface area contributed by atoms with Crippen LogP contribution in [0, 0.1) is 0 Å². The highest BCUT2D eigenvalue weighted by Crippen LogP contribution is 2.39. The minimum absolute atomic E-state index is 0.321. The second kappa shape index (κ2) is 7.94. The summed E-state index contributed by atoms with van der Waals surface area (Å²) in [6.07, 6.45) is 1.98. The van der Waals surface area contributed by atoms with Crippen LogP contribution < -0.4 is 4.74 Å². The third-order valence-electron chi connectivity index (χ3n) is 4.25. The first kappa shape index (κ1) is 19.1. The molecule has 0 unspecified atom stereocenters. The van der Waals surface area contributed by atoms with Crippen LogP contribution in [-0.4, -0.2) is 40.6 Å². The highest BCUT2D eigenvalue weighted by molar-refractivity contribution is 9.10. The van der Waals surface area contributed by atoms with Crippen LogP contribution in [-0.2, 0) is 9.84 Å². The second-order valence-electron chi connectivity index (χ2n) is 6.60. The number of sulfone groups is 1. The summed E-state index contributed by atoms with van der Waals surface area (Å²) in [6, 6.07) is 13.0. The zero-order valence-electron chi connectivity index (χ0n) is 14.9. The largest absolute Gasteiger partial charge is 0.494 e. The second-order valence-corrected chi connectivity index (χ2v) is 9.28. The molecule has 138 valence electrons. The summed E-state index contributed by atoms with van der Waals surface area (Å²) >= 11 is 3.40. The number of unbranched alkanes of at least 4 members (excludes halogenated alkanes) is 1. The number of halogens is 1. The topological polar surface area (TPSA) is 46.6 Å². The van der Waals surface area contributed by atoms with Gasteiger partial charge in [0.2, 0.25) is 9.84 Å². The molecule has 26 heavy (non-hydrogen) atoms. The van der Waals surface area contributed by atoms with Crippen LogP contribution in [0.4, 0.5) is 0 Å². The normalized spacial score (nSPS) is 15.0. The maximum absolute atomic E-state index is 12.6. The summed E-state index contributed by atoms with van der Waals surface area (Å²) in [7, 11) is 0.645. The zero-order valence-corrected chi connectivity index (χ0v) is 17.3. The molecule has 1 aliphatic heterocycles. The number of benzene rings is 2. The van der Waals surface area contributed by atoms with Gasteiger partial charge in [0.15, 0.2) is 0 Å². The smallest absolute Gasteiger partial charge is 0.201 e. The first-order chi connectivity index (χ1) is 12.4. The Balaban J connectivity index is 1.77. The van der Waals surface area contributed by atoms with Gasteiger partial charge >= 0.3 is 0 Å². The van der Waals surface area contributed by atoms with Crippen molar-refractivity contribution in [3.63, 3.8) is 0 Å². The fraction of sp³-hybridized carbons (Fsp3) is 0.300. The van der Waals surface area contributed by atoms with Gasteiger partial charge in [-0.05, 0) is 69.4 Å². The number of hydrogen-bond acceptors (Lipinski definition) is 4. The molecule has 0 bridgehead atoms. The molecule has 0 spiro atoms. The lowest BCUT2D eigenvalue weighted by molar-refractivity contribution is 0.292. The number of hydrogen-bond donors (Lipinski definition) is 0. The molecular formula is C20H22BrNO3S. The van der Waals surface area contributed by atoms with Crippen molar-refractivity contribution >= 4 is 31.3 Å². The Hall–Kier alpha value is -1.63. The van der Waals surface area contributed by atoms with E-state index in [0.717, 1.165) is 40.6 Å². The van der Waals surface area contributed by atoms with E-state index in [-0.39, 0.29) is 0 Å². The molecule has 0 fully saturated rings. The van der Waals surface area contributed by atoms with Crippen LogP contribution in [0.1, 0.15) is 24.0 Å². The molecule has 2 aromatic carbocycles. The fourth-order valence-corrected chi connectivity index (χ4v) is 4.64. The van der Waals surface area contributed by atoms with E-state index in [2.05, 4.69) is 20.8 Å². The number of rotatable bonds is 7. The lowest BCUT2D eigenvalue weighted by Crippen LogP contribution is -2.13. The third kappa shape index (κ3) is 4.37. The van der Waals surface area contributed by atoms with Crippen molar-refractivity contribution < 1.29 is 13.2 Å². The quantitative estimate of drug-likeness (QED) is 0.606. The Kier molecular flexibility index (Phi) is 5.85. The highest BCUT2D eigenvalue weighted by atomic mass is 79.9. The predicted molar refractivity (Wildman–Crippen MR) is 108 cm³/mol. The summed E-state index contributed by atoms with van der Waals surface area (Å²) in [5.74, 6) is 0.600. The van der Waals surface area contributed by atoms with Crippen LogP contribution in [0.25, 0.3) is 5.57 Å². The molecule has 0 amide bonds. The molecule has 4 nitrogen and oxygen atoms in total. The first-order valence-corrected chi connectivity index (χ1v) is 10.9. The van der Waals surface area contributed by atoms with Crippen LogP contribution in [0.3, 0.4) is 0 Å². The van der Waals surface area contributed by atoms with E-state index in [1.165, 1.54) is 5.41 Å². The first-order valence-electron chi connectivity index (χ1n) is 8.51. The van der Waals surface area contributed by atoms with Gasteiger partial charge in [-0.3, -0.25) is 0 Å². The SMILES string of the molecule is CN(C)CCCCOc1ccc2c(c1)S(=O)(=O)C=C2c1ccc(Br)cc1. The molecule has 6 heteroatoms. The predicted octanol–water partition coefficient (Wildman–Crippen LogP) is 4.35. The molecule has 0 aliphatic carbocycles. The maximum Gasteiger partial charge on any atom is 0.201 e. The van der Waals surface area contributed by atoms with Gasteiger partial charge in [0.05, 0.1) is 11.5 Å². The van der Waals surface area contributed by atoms with Crippen molar-refractivity contribution in [2.75, 3.05) is 27.2 Å². The lowest BCUT2D eigenvalue weighted by atomic mass is 10.00. The average molecular weight is 436 g/mol. The molecule has 0 N–H and O–H groups in total. The highest BCUT2D eigenvalue weighted by Gasteiger charge is 2.28. The lowest BCUT2D eigenvalue weighted by Gasteiger charge is -2.11. The van der Waals surface area contributed by atoms with Crippen molar-refractivity contribution in [2.24, 2.45) is 0 Å². The van der Waals surface area contributed by atoms with Crippen molar-refractivity contribution in [1.82, 2.24) is 4.90 Å². The molecule has 1 aliphatic rings. The van der Waals surface area contributed by atoms with Gasteiger partial charge in [0, 0.05) is 21.0 Å². The Labute approximate surface area is 163 Å². The molecular weight excluding hydrogens is 414 g/mol. The van der Waals surface area contributed by atoms with Gasteiger partial charge < -0.3 is 9.64 Å². The Morgan fingerprint density at radius 1 is 1.04 bits per heavy atom. The van der Waals surface area contributed by atoms with Crippen LogP contribution >= 0.6 is 15.9 Å². The Morgan fingerprint density at radius 2 is 1.77 bits per heavy atom. The van der Waals surface area contributed by atoms with Crippen molar-refractivity contribution in [3.05, 3.63) is 63.5 Å². The van der Waals surface area contributed by atoms with E-state index in [4.69, 9.17) is 4.74 Å². The Bertz CT molecular complexity index is 919. The number of nitrogens with zero attached hydrogens (tertiary/aromatic N) is 1. The molecule has 3 rings (SSSR count). The maximum atomic E-state index is 12.6. The molecule has 2 aromatic rings. The molecule has 0 aromatic heterocycles. The van der Waals surface area contributed by atoms with Gasteiger partial charge in [-0.2, -0.15) is 0 Å². The van der Waals surface area contributed by atoms with Gasteiger partial charge in [-0.1, -0.05) is 28.1 Å². The monoisotopic (exact) mass is 435 g/mol. The molecule has 0 radical (unpaired) electrons.